The third-order valence-corrected chi connectivity index (χ3v) is 4.90. The highest BCUT2D eigenvalue weighted by Crippen LogP contribution is 2.12. The number of benzene rings is 2. The SMILES string of the molecule is O=C(Cn1c(=O)n(Cc2ccc(Cl)cc2)c(=O)c2ncccc21)Nc1cccc(F)c1. The summed E-state index contributed by atoms with van der Waals surface area (Å²) in [5, 5.41) is 3.08. The van der Waals surface area contributed by atoms with Gasteiger partial charge in [0.2, 0.25) is 5.91 Å². The number of pyridine rings is 1. The molecule has 1 N–H and O–H groups in total. The van der Waals surface area contributed by atoms with Crippen molar-refractivity contribution in [2.45, 2.75) is 13.1 Å². The third kappa shape index (κ3) is 4.39. The van der Waals surface area contributed by atoms with Crippen LogP contribution in [0.1, 0.15) is 5.56 Å². The number of aromatic nitrogens is 3. The second-order valence-electron chi connectivity index (χ2n) is 6.82. The van der Waals surface area contributed by atoms with E-state index in [1.165, 1.54) is 35.0 Å². The van der Waals surface area contributed by atoms with Gasteiger partial charge < -0.3 is 5.32 Å². The lowest BCUT2D eigenvalue weighted by Crippen LogP contribution is -2.42. The highest BCUT2D eigenvalue weighted by atomic mass is 35.5. The highest BCUT2D eigenvalue weighted by molar-refractivity contribution is 6.30. The van der Waals surface area contributed by atoms with Crippen molar-refractivity contribution >= 4 is 34.2 Å². The molecule has 1 amide bonds. The molecule has 0 aliphatic heterocycles. The number of anilines is 1. The summed E-state index contributed by atoms with van der Waals surface area (Å²) in [6.45, 7) is -0.384. The van der Waals surface area contributed by atoms with Gasteiger partial charge in [0.05, 0.1) is 12.1 Å². The Hall–Kier alpha value is -3.78. The maximum Gasteiger partial charge on any atom is 0.332 e. The molecule has 0 spiro atoms. The smallest absolute Gasteiger partial charge is 0.324 e. The largest absolute Gasteiger partial charge is 0.332 e. The van der Waals surface area contributed by atoms with Crippen LogP contribution in [0.3, 0.4) is 0 Å². The molecule has 2 aromatic carbocycles. The van der Waals surface area contributed by atoms with Crippen LogP contribution in [-0.2, 0) is 17.9 Å². The van der Waals surface area contributed by atoms with E-state index < -0.39 is 23.0 Å². The minimum absolute atomic E-state index is 0.00708. The molecule has 0 fully saturated rings. The lowest BCUT2D eigenvalue weighted by Gasteiger charge is -2.14. The molecular formula is C22H16ClFN4O3. The first-order valence-electron chi connectivity index (χ1n) is 9.30. The molecule has 0 saturated carbocycles. The van der Waals surface area contributed by atoms with Crippen molar-refractivity contribution in [1.29, 1.82) is 0 Å². The van der Waals surface area contributed by atoms with Gasteiger partial charge in [-0.15, -0.1) is 0 Å². The van der Waals surface area contributed by atoms with Crippen molar-refractivity contribution in [2.24, 2.45) is 0 Å². The molecule has 4 rings (SSSR count). The van der Waals surface area contributed by atoms with E-state index in [1.807, 2.05) is 0 Å². The van der Waals surface area contributed by atoms with Crippen LogP contribution in [0.5, 0.6) is 0 Å². The van der Waals surface area contributed by atoms with Crippen LogP contribution in [0.2, 0.25) is 5.02 Å². The van der Waals surface area contributed by atoms with Crippen molar-refractivity contribution in [3.05, 3.63) is 104 Å². The minimum Gasteiger partial charge on any atom is -0.324 e. The molecule has 0 radical (unpaired) electrons. The van der Waals surface area contributed by atoms with Crippen LogP contribution in [0.15, 0.2) is 76.4 Å². The van der Waals surface area contributed by atoms with Crippen LogP contribution in [0.4, 0.5) is 10.1 Å². The molecule has 0 aliphatic rings. The number of nitrogens with zero attached hydrogens (tertiary/aromatic N) is 3. The fraction of sp³-hybridized carbons (Fsp3) is 0.0909. The Morgan fingerprint density at radius 2 is 1.81 bits per heavy atom. The summed E-state index contributed by atoms with van der Waals surface area (Å²) < 4.78 is 15.6. The first kappa shape index (κ1) is 20.5. The summed E-state index contributed by atoms with van der Waals surface area (Å²) in [4.78, 5) is 42.7. The zero-order chi connectivity index (χ0) is 22.0. The number of hydrogen-bond donors (Lipinski definition) is 1. The molecule has 0 unspecified atom stereocenters. The number of rotatable bonds is 5. The van der Waals surface area contributed by atoms with Gasteiger partial charge in [0.1, 0.15) is 12.4 Å². The quantitative estimate of drug-likeness (QED) is 0.519. The van der Waals surface area contributed by atoms with Crippen LogP contribution in [-0.4, -0.2) is 20.0 Å². The Kier molecular flexibility index (Phi) is 5.64. The number of hydrogen-bond acceptors (Lipinski definition) is 4. The molecule has 9 heteroatoms. The second kappa shape index (κ2) is 8.53. The molecule has 0 saturated heterocycles. The van der Waals surface area contributed by atoms with E-state index in [4.69, 9.17) is 11.6 Å². The van der Waals surface area contributed by atoms with E-state index in [1.54, 1.807) is 36.4 Å². The van der Waals surface area contributed by atoms with E-state index in [2.05, 4.69) is 10.3 Å². The number of nitrogens with one attached hydrogen (secondary N) is 1. The molecule has 31 heavy (non-hydrogen) atoms. The Morgan fingerprint density at radius 3 is 2.55 bits per heavy atom. The lowest BCUT2D eigenvalue weighted by atomic mass is 10.2. The Balaban J connectivity index is 1.75. The van der Waals surface area contributed by atoms with Crippen LogP contribution in [0.25, 0.3) is 11.0 Å². The van der Waals surface area contributed by atoms with Gasteiger partial charge in [0.25, 0.3) is 5.56 Å². The van der Waals surface area contributed by atoms with Gasteiger partial charge in [-0.2, -0.15) is 0 Å². The monoisotopic (exact) mass is 438 g/mol. The standard InChI is InChI=1S/C22H16ClFN4O3/c23-15-8-6-14(7-9-15)12-28-21(30)20-18(5-2-10-25-20)27(22(28)31)13-19(29)26-17-4-1-3-16(24)11-17/h1-11H,12-13H2,(H,26,29). The Labute approximate surface area is 180 Å². The molecule has 2 heterocycles. The predicted molar refractivity (Wildman–Crippen MR) is 116 cm³/mol. The topological polar surface area (TPSA) is 86.0 Å². The summed E-state index contributed by atoms with van der Waals surface area (Å²) >= 11 is 5.90. The molecule has 4 aromatic rings. The van der Waals surface area contributed by atoms with Crippen LogP contribution < -0.4 is 16.6 Å². The number of carbonyl (C=O) groups excluding carboxylic acids is 1. The summed E-state index contributed by atoms with van der Waals surface area (Å²) in [6, 6.07) is 15.3. The first-order valence-corrected chi connectivity index (χ1v) is 9.68. The average Bonchev–Trinajstić information content (AvgIpc) is 2.75. The number of halogens is 2. The van der Waals surface area contributed by atoms with E-state index >= 15 is 0 Å². The van der Waals surface area contributed by atoms with Crippen LogP contribution >= 0.6 is 11.6 Å². The maximum atomic E-state index is 13.4. The highest BCUT2D eigenvalue weighted by Gasteiger charge is 2.16. The summed E-state index contributed by atoms with van der Waals surface area (Å²) in [6.07, 6.45) is 1.44. The van der Waals surface area contributed by atoms with Gasteiger partial charge in [-0.1, -0.05) is 29.8 Å². The predicted octanol–water partition coefficient (Wildman–Crippen LogP) is 3.04. The van der Waals surface area contributed by atoms with Gasteiger partial charge in [0.15, 0.2) is 5.52 Å². The number of fused-ring (bicyclic) bond motifs is 1. The molecule has 0 atom stereocenters. The number of amides is 1. The van der Waals surface area contributed by atoms with Crippen molar-refractivity contribution in [3.63, 3.8) is 0 Å². The lowest BCUT2D eigenvalue weighted by molar-refractivity contribution is -0.116. The van der Waals surface area contributed by atoms with Gasteiger partial charge in [-0.05, 0) is 48.0 Å². The zero-order valence-corrected chi connectivity index (χ0v) is 16.8. The van der Waals surface area contributed by atoms with Gasteiger partial charge in [0, 0.05) is 16.9 Å². The van der Waals surface area contributed by atoms with Gasteiger partial charge in [-0.3, -0.25) is 18.7 Å². The fourth-order valence-electron chi connectivity index (χ4n) is 3.22. The number of carbonyl (C=O) groups is 1. The molecule has 0 bridgehead atoms. The van der Waals surface area contributed by atoms with Crippen molar-refractivity contribution in [1.82, 2.24) is 14.1 Å². The minimum atomic E-state index is -0.658. The van der Waals surface area contributed by atoms with E-state index in [0.29, 0.717) is 10.6 Å². The summed E-state index contributed by atoms with van der Waals surface area (Å²) in [5.74, 6) is -1.05. The van der Waals surface area contributed by atoms with Crippen LogP contribution in [0, 0.1) is 5.82 Å². The second-order valence-corrected chi connectivity index (χ2v) is 7.25. The normalized spacial score (nSPS) is 10.9. The third-order valence-electron chi connectivity index (χ3n) is 4.65. The van der Waals surface area contributed by atoms with Gasteiger partial charge >= 0.3 is 5.69 Å². The van der Waals surface area contributed by atoms with Crippen molar-refractivity contribution in [2.75, 3.05) is 5.32 Å². The molecule has 0 aliphatic carbocycles. The zero-order valence-electron chi connectivity index (χ0n) is 16.1. The van der Waals surface area contributed by atoms with Gasteiger partial charge in [-0.25, -0.2) is 14.2 Å². The Bertz CT molecular complexity index is 1400. The summed E-state index contributed by atoms with van der Waals surface area (Å²) in [5.41, 5.74) is 0.0330. The maximum absolute atomic E-state index is 13.4. The van der Waals surface area contributed by atoms with E-state index in [9.17, 15) is 18.8 Å². The van der Waals surface area contributed by atoms with E-state index in [-0.39, 0.29) is 29.8 Å². The molecular weight excluding hydrogens is 423 g/mol. The molecule has 2 aromatic heterocycles. The van der Waals surface area contributed by atoms with Crippen molar-refractivity contribution in [3.8, 4) is 0 Å². The Morgan fingerprint density at radius 1 is 1.03 bits per heavy atom. The fourth-order valence-corrected chi connectivity index (χ4v) is 3.34. The first-order chi connectivity index (χ1) is 14.9. The summed E-state index contributed by atoms with van der Waals surface area (Å²) in [7, 11) is 0. The van der Waals surface area contributed by atoms with E-state index in [0.717, 1.165) is 4.57 Å². The molecule has 156 valence electrons. The molecule has 7 nitrogen and oxygen atoms in total. The van der Waals surface area contributed by atoms with Crippen molar-refractivity contribution < 1.29 is 9.18 Å². The average molecular weight is 439 g/mol.